The van der Waals surface area contributed by atoms with E-state index in [1.165, 1.54) is 0 Å². The van der Waals surface area contributed by atoms with Gasteiger partial charge < -0.3 is 14.8 Å². The fourth-order valence-electron chi connectivity index (χ4n) is 1.24. The average Bonchev–Trinajstić information content (AvgIpc) is 2.25. The Morgan fingerprint density at radius 1 is 1.24 bits per heavy atom. The van der Waals surface area contributed by atoms with E-state index < -0.39 is 19.6 Å². The summed E-state index contributed by atoms with van der Waals surface area (Å²) in [6.45, 7) is -1.14. The monoisotopic (exact) mass is 249 g/mol. The minimum absolute atomic E-state index is 0.416. The summed E-state index contributed by atoms with van der Waals surface area (Å²) in [4.78, 5) is 0. The third-order valence-corrected chi connectivity index (χ3v) is 1.90. The second-order valence-corrected chi connectivity index (χ2v) is 3.36. The molecule has 1 N–H and O–H groups in total. The highest BCUT2D eigenvalue weighted by Gasteiger charge is 2.27. The lowest BCUT2D eigenvalue weighted by Crippen LogP contribution is -2.19. The molecule has 3 nitrogen and oxygen atoms in total. The largest absolute Gasteiger partial charge is 0.467 e. The van der Waals surface area contributed by atoms with E-state index in [4.69, 9.17) is 4.74 Å². The first-order chi connectivity index (χ1) is 8.03. The van der Waals surface area contributed by atoms with Gasteiger partial charge in [-0.25, -0.2) is 0 Å². The number of hydrogen-bond donors (Lipinski definition) is 1. The molecule has 0 atom stereocenters. The Balaban J connectivity index is 2.41. The maximum atomic E-state index is 11.8. The fourth-order valence-corrected chi connectivity index (χ4v) is 1.24. The van der Waals surface area contributed by atoms with E-state index in [0.717, 1.165) is 5.56 Å². The highest BCUT2D eigenvalue weighted by molar-refractivity contribution is 5.32. The van der Waals surface area contributed by atoms with Gasteiger partial charge in [-0.15, -0.1) is 0 Å². The minimum atomic E-state index is -4.33. The molecule has 0 aliphatic heterocycles. The zero-order valence-electron chi connectivity index (χ0n) is 9.38. The van der Waals surface area contributed by atoms with E-state index in [-0.39, 0.29) is 0 Å². The third kappa shape index (κ3) is 5.55. The number of para-hydroxylation sites is 1. The summed E-state index contributed by atoms with van der Waals surface area (Å²) < 4.78 is 44.9. The summed E-state index contributed by atoms with van der Waals surface area (Å²) >= 11 is 0. The van der Waals surface area contributed by atoms with Crippen LogP contribution >= 0.6 is 0 Å². The topological polar surface area (TPSA) is 30.5 Å². The maximum absolute atomic E-state index is 11.8. The molecule has 1 aromatic rings. The SMILES string of the molecule is CNCc1ccccc1OCOCC(F)(F)F. The maximum Gasteiger partial charge on any atom is 0.411 e. The van der Waals surface area contributed by atoms with Crippen molar-refractivity contribution in [2.75, 3.05) is 20.4 Å². The van der Waals surface area contributed by atoms with Crippen LogP contribution in [0.15, 0.2) is 24.3 Å². The third-order valence-electron chi connectivity index (χ3n) is 1.90. The Labute approximate surface area is 97.5 Å². The zero-order valence-corrected chi connectivity index (χ0v) is 9.38. The van der Waals surface area contributed by atoms with Crippen molar-refractivity contribution >= 4 is 0 Å². The Hall–Kier alpha value is -1.27. The number of hydrogen-bond acceptors (Lipinski definition) is 3. The van der Waals surface area contributed by atoms with Crippen LogP contribution in [0.3, 0.4) is 0 Å². The summed E-state index contributed by atoms with van der Waals surface area (Å²) in [7, 11) is 1.77. The second-order valence-electron chi connectivity index (χ2n) is 3.36. The van der Waals surface area contributed by atoms with Crippen molar-refractivity contribution in [1.29, 1.82) is 0 Å². The number of alkyl halides is 3. The lowest BCUT2D eigenvalue weighted by molar-refractivity contribution is -0.186. The van der Waals surface area contributed by atoms with Gasteiger partial charge in [-0.2, -0.15) is 13.2 Å². The van der Waals surface area contributed by atoms with Crippen molar-refractivity contribution in [3.63, 3.8) is 0 Å². The van der Waals surface area contributed by atoms with Gasteiger partial charge in [0.05, 0.1) is 0 Å². The molecule has 0 unspecified atom stereocenters. The highest BCUT2D eigenvalue weighted by atomic mass is 19.4. The fraction of sp³-hybridized carbons (Fsp3) is 0.455. The van der Waals surface area contributed by atoms with Gasteiger partial charge >= 0.3 is 6.18 Å². The molecule has 96 valence electrons. The van der Waals surface area contributed by atoms with Crippen molar-refractivity contribution in [2.24, 2.45) is 0 Å². The molecule has 0 amide bonds. The van der Waals surface area contributed by atoms with Crippen LogP contribution in [0.25, 0.3) is 0 Å². The molecule has 1 rings (SSSR count). The molecule has 0 saturated carbocycles. The standard InChI is InChI=1S/C11H14F3NO2/c1-15-6-9-4-2-3-5-10(9)17-8-16-7-11(12,13)14/h2-5,15H,6-8H2,1H3. The molecule has 1 aromatic carbocycles. The van der Waals surface area contributed by atoms with Crippen molar-refractivity contribution in [1.82, 2.24) is 5.32 Å². The normalized spacial score (nSPS) is 11.5. The molecule has 0 heterocycles. The molecule has 6 heteroatoms. The number of rotatable bonds is 6. The van der Waals surface area contributed by atoms with Gasteiger partial charge in [0.2, 0.25) is 0 Å². The first-order valence-electron chi connectivity index (χ1n) is 5.03. The quantitative estimate of drug-likeness (QED) is 0.620. The first kappa shape index (κ1) is 13.8. The average molecular weight is 249 g/mol. The van der Waals surface area contributed by atoms with Gasteiger partial charge in [0.1, 0.15) is 12.4 Å². The molecule has 0 bridgehead atoms. The number of halogens is 3. The first-order valence-corrected chi connectivity index (χ1v) is 5.03. The van der Waals surface area contributed by atoms with Crippen molar-refractivity contribution in [2.45, 2.75) is 12.7 Å². The molecule has 0 fully saturated rings. The van der Waals surface area contributed by atoms with E-state index in [0.29, 0.717) is 12.3 Å². The van der Waals surface area contributed by atoms with Crippen LogP contribution in [-0.2, 0) is 11.3 Å². The minimum Gasteiger partial charge on any atom is -0.467 e. The molecular formula is C11H14F3NO2. The molecular weight excluding hydrogens is 235 g/mol. The lowest BCUT2D eigenvalue weighted by Gasteiger charge is -2.12. The van der Waals surface area contributed by atoms with Gasteiger partial charge in [-0.1, -0.05) is 18.2 Å². The van der Waals surface area contributed by atoms with Gasteiger partial charge in [-0.05, 0) is 13.1 Å². The Kier molecular flexibility index (Phi) is 5.24. The molecule has 17 heavy (non-hydrogen) atoms. The Morgan fingerprint density at radius 3 is 2.59 bits per heavy atom. The Morgan fingerprint density at radius 2 is 1.94 bits per heavy atom. The van der Waals surface area contributed by atoms with E-state index in [9.17, 15) is 13.2 Å². The van der Waals surface area contributed by atoms with Gasteiger partial charge in [0.15, 0.2) is 6.79 Å². The van der Waals surface area contributed by atoms with Gasteiger partial charge in [0.25, 0.3) is 0 Å². The van der Waals surface area contributed by atoms with Gasteiger partial charge in [0, 0.05) is 12.1 Å². The van der Waals surface area contributed by atoms with Crippen molar-refractivity contribution in [3.8, 4) is 5.75 Å². The summed E-state index contributed by atoms with van der Waals surface area (Å²) in [5, 5.41) is 2.94. The molecule has 0 radical (unpaired) electrons. The second kappa shape index (κ2) is 6.46. The van der Waals surface area contributed by atoms with E-state index in [1.54, 1.807) is 19.2 Å². The van der Waals surface area contributed by atoms with E-state index in [2.05, 4.69) is 10.1 Å². The van der Waals surface area contributed by atoms with E-state index in [1.807, 2.05) is 12.1 Å². The summed E-state index contributed by atoms with van der Waals surface area (Å²) in [6, 6.07) is 7.09. The Bertz CT molecular complexity index is 342. The predicted octanol–water partition coefficient (Wildman–Crippen LogP) is 2.32. The number of ether oxygens (including phenoxy) is 2. The summed E-state index contributed by atoms with van der Waals surface area (Å²) in [5.41, 5.74) is 0.866. The van der Waals surface area contributed by atoms with E-state index >= 15 is 0 Å². The summed E-state index contributed by atoms with van der Waals surface area (Å²) in [5.74, 6) is 0.518. The smallest absolute Gasteiger partial charge is 0.411 e. The van der Waals surface area contributed by atoms with Crippen LogP contribution in [-0.4, -0.2) is 26.6 Å². The highest BCUT2D eigenvalue weighted by Crippen LogP contribution is 2.18. The van der Waals surface area contributed by atoms with Crippen molar-refractivity contribution < 1.29 is 22.6 Å². The van der Waals surface area contributed by atoms with Crippen LogP contribution in [0.1, 0.15) is 5.56 Å². The molecule has 0 spiro atoms. The zero-order chi connectivity index (χ0) is 12.7. The van der Waals surface area contributed by atoms with Crippen LogP contribution in [0.2, 0.25) is 0 Å². The number of benzene rings is 1. The van der Waals surface area contributed by atoms with Crippen LogP contribution in [0.4, 0.5) is 13.2 Å². The lowest BCUT2D eigenvalue weighted by atomic mass is 10.2. The molecule has 0 aliphatic rings. The summed E-state index contributed by atoms with van der Waals surface area (Å²) in [6.07, 6.45) is -4.33. The van der Waals surface area contributed by atoms with Crippen LogP contribution in [0.5, 0.6) is 5.75 Å². The number of nitrogens with one attached hydrogen (secondary N) is 1. The molecule has 0 aliphatic carbocycles. The van der Waals surface area contributed by atoms with Gasteiger partial charge in [-0.3, -0.25) is 0 Å². The van der Waals surface area contributed by atoms with Crippen molar-refractivity contribution in [3.05, 3.63) is 29.8 Å². The molecule has 0 aromatic heterocycles. The molecule has 0 saturated heterocycles. The van der Waals surface area contributed by atoms with Crippen LogP contribution < -0.4 is 10.1 Å². The van der Waals surface area contributed by atoms with Crippen LogP contribution in [0, 0.1) is 0 Å². The predicted molar refractivity (Wildman–Crippen MR) is 56.7 cm³/mol.